The first kappa shape index (κ1) is 18.4. The summed E-state index contributed by atoms with van der Waals surface area (Å²) < 4.78 is 28.8. The zero-order valence-corrected chi connectivity index (χ0v) is 15.8. The second-order valence-electron chi connectivity index (χ2n) is 6.77. The molecule has 0 saturated heterocycles. The Morgan fingerprint density at radius 3 is 2.00 bits per heavy atom. The number of hydrogen-bond acceptors (Lipinski definition) is 4. The van der Waals surface area contributed by atoms with E-state index >= 15 is 0 Å². The minimum absolute atomic E-state index is 0.0132. The topological polar surface area (TPSA) is 86.5 Å². The molecule has 2 aromatic carbocycles. The summed E-state index contributed by atoms with van der Waals surface area (Å²) in [4.78, 5) is 12.9. The predicted molar refractivity (Wildman–Crippen MR) is 101 cm³/mol. The maximum atomic E-state index is 12.9. The van der Waals surface area contributed by atoms with E-state index in [9.17, 15) is 13.2 Å². The van der Waals surface area contributed by atoms with Crippen molar-refractivity contribution in [2.24, 2.45) is 5.14 Å². The SMILES string of the molecule is CCc1ccc(C2=C(c3ccc(S(N)(=O)=O)cc3)OC(C)(C)C2=O)cc1. The molecule has 2 N–H and O–H groups in total. The molecule has 136 valence electrons. The number of benzene rings is 2. The molecule has 0 radical (unpaired) electrons. The van der Waals surface area contributed by atoms with Gasteiger partial charge in [0, 0.05) is 5.56 Å². The van der Waals surface area contributed by atoms with E-state index < -0.39 is 15.6 Å². The molecule has 5 nitrogen and oxygen atoms in total. The molecule has 0 atom stereocenters. The Morgan fingerprint density at radius 2 is 1.50 bits per heavy atom. The first-order valence-corrected chi connectivity index (χ1v) is 9.89. The molecule has 2 aromatic rings. The van der Waals surface area contributed by atoms with Gasteiger partial charge in [0.2, 0.25) is 15.8 Å². The predicted octanol–water partition coefficient (Wildman–Crippen LogP) is 3.14. The van der Waals surface area contributed by atoms with Gasteiger partial charge < -0.3 is 4.74 Å². The lowest BCUT2D eigenvalue weighted by Gasteiger charge is -2.17. The summed E-state index contributed by atoms with van der Waals surface area (Å²) in [6, 6.07) is 13.8. The number of Topliss-reactive ketones (excluding diaryl/α,β-unsaturated/α-hetero) is 1. The highest BCUT2D eigenvalue weighted by atomic mass is 32.2. The lowest BCUT2D eigenvalue weighted by atomic mass is 9.92. The van der Waals surface area contributed by atoms with Crippen molar-refractivity contribution in [1.82, 2.24) is 0 Å². The highest BCUT2D eigenvalue weighted by Crippen LogP contribution is 2.41. The molecule has 0 bridgehead atoms. The first-order chi connectivity index (χ1) is 12.1. The molecule has 6 heteroatoms. The van der Waals surface area contributed by atoms with Gasteiger partial charge in [-0.05, 0) is 55.7 Å². The zero-order chi connectivity index (χ0) is 19.1. The third-order valence-electron chi connectivity index (χ3n) is 4.45. The van der Waals surface area contributed by atoms with E-state index in [2.05, 4.69) is 6.92 Å². The van der Waals surface area contributed by atoms with Gasteiger partial charge in [0.15, 0.2) is 5.60 Å². The van der Waals surface area contributed by atoms with Crippen LogP contribution in [0.2, 0.25) is 0 Å². The van der Waals surface area contributed by atoms with Crippen molar-refractivity contribution in [2.75, 3.05) is 0 Å². The van der Waals surface area contributed by atoms with Crippen LogP contribution in [-0.4, -0.2) is 19.8 Å². The number of sulfonamides is 1. The summed E-state index contributed by atoms with van der Waals surface area (Å²) >= 11 is 0. The van der Waals surface area contributed by atoms with Gasteiger partial charge in [-0.1, -0.05) is 31.2 Å². The smallest absolute Gasteiger partial charge is 0.238 e. The second-order valence-corrected chi connectivity index (χ2v) is 8.33. The van der Waals surface area contributed by atoms with Crippen molar-refractivity contribution in [3.63, 3.8) is 0 Å². The van der Waals surface area contributed by atoms with Crippen LogP contribution in [0.25, 0.3) is 11.3 Å². The molecule has 0 aromatic heterocycles. The van der Waals surface area contributed by atoms with Crippen LogP contribution in [0.15, 0.2) is 53.4 Å². The number of primary sulfonamides is 1. The maximum Gasteiger partial charge on any atom is 0.238 e. The van der Waals surface area contributed by atoms with E-state index in [4.69, 9.17) is 9.88 Å². The van der Waals surface area contributed by atoms with Gasteiger partial charge in [0.25, 0.3) is 0 Å². The molecule has 0 fully saturated rings. The van der Waals surface area contributed by atoms with Gasteiger partial charge >= 0.3 is 0 Å². The molecule has 0 amide bonds. The molecule has 0 aliphatic carbocycles. The van der Waals surface area contributed by atoms with Gasteiger partial charge in [-0.3, -0.25) is 4.79 Å². The largest absolute Gasteiger partial charge is 0.478 e. The van der Waals surface area contributed by atoms with Crippen molar-refractivity contribution in [3.8, 4) is 0 Å². The number of ketones is 1. The molecule has 0 saturated carbocycles. The van der Waals surface area contributed by atoms with E-state index in [1.165, 1.54) is 17.7 Å². The fourth-order valence-electron chi connectivity index (χ4n) is 2.93. The van der Waals surface area contributed by atoms with Gasteiger partial charge in [-0.25, -0.2) is 13.6 Å². The molecular formula is C20H21NO4S. The third-order valence-corrected chi connectivity index (χ3v) is 5.38. The van der Waals surface area contributed by atoms with Crippen LogP contribution in [0.4, 0.5) is 0 Å². The van der Waals surface area contributed by atoms with E-state index in [0.29, 0.717) is 16.9 Å². The summed E-state index contributed by atoms with van der Waals surface area (Å²) in [5.74, 6) is 0.345. The number of carbonyl (C=O) groups is 1. The van der Waals surface area contributed by atoms with E-state index in [0.717, 1.165) is 12.0 Å². The number of ether oxygens (including phenoxy) is 1. The Balaban J connectivity index is 2.13. The second kappa shape index (κ2) is 6.37. The van der Waals surface area contributed by atoms with E-state index in [-0.39, 0.29) is 10.7 Å². The number of nitrogens with two attached hydrogens (primary N) is 1. The highest BCUT2D eigenvalue weighted by Gasteiger charge is 2.42. The fourth-order valence-corrected chi connectivity index (χ4v) is 3.44. The van der Waals surface area contributed by atoms with Crippen LogP contribution in [0.3, 0.4) is 0 Å². The summed E-state index contributed by atoms with van der Waals surface area (Å²) in [6.07, 6.45) is 0.914. The van der Waals surface area contributed by atoms with E-state index in [1.54, 1.807) is 26.0 Å². The lowest BCUT2D eigenvalue weighted by molar-refractivity contribution is -0.125. The Kier molecular flexibility index (Phi) is 4.50. The summed E-state index contributed by atoms with van der Waals surface area (Å²) in [6.45, 7) is 5.52. The van der Waals surface area contributed by atoms with Crippen LogP contribution in [0, 0.1) is 0 Å². The quantitative estimate of drug-likeness (QED) is 0.894. The lowest BCUT2D eigenvalue weighted by Crippen LogP contribution is -2.29. The standard InChI is InChI=1S/C20H21NO4S/c1-4-13-5-7-14(8-6-13)17-18(25-20(2,3)19(17)22)15-9-11-16(12-10-15)26(21,23)24/h5-12H,4H2,1-3H3,(H2,21,23,24). The van der Waals surface area contributed by atoms with Crippen molar-refractivity contribution in [3.05, 3.63) is 65.2 Å². The normalized spacial score (nSPS) is 16.7. The molecule has 1 heterocycles. The molecule has 1 aliphatic heterocycles. The van der Waals surface area contributed by atoms with Crippen LogP contribution >= 0.6 is 0 Å². The van der Waals surface area contributed by atoms with Crippen molar-refractivity contribution >= 4 is 27.1 Å². The third kappa shape index (κ3) is 3.30. The molecular weight excluding hydrogens is 350 g/mol. The minimum Gasteiger partial charge on any atom is -0.478 e. The average Bonchev–Trinajstić information content (AvgIpc) is 2.84. The summed E-state index contributed by atoms with van der Waals surface area (Å²) in [5.41, 5.74) is 2.11. The molecule has 3 rings (SSSR count). The van der Waals surface area contributed by atoms with Gasteiger partial charge in [0.1, 0.15) is 5.76 Å². The Morgan fingerprint density at radius 1 is 0.962 bits per heavy atom. The van der Waals surface area contributed by atoms with Crippen molar-refractivity contribution in [2.45, 2.75) is 37.7 Å². The van der Waals surface area contributed by atoms with E-state index in [1.807, 2.05) is 24.3 Å². The van der Waals surface area contributed by atoms with Crippen molar-refractivity contribution in [1.29, 1.82) is 0 Å². The summed E-state index contributed by atoms with van der Waals surface area (Å²) in [5, 5.41) is 5.15. The monoisotopic (exact) mass is 371 g/mol. The number of aryl methyl sites for hydroxylation is 1. The van der Waals surface area contributed by atoms with Crippen molar-refractivity contribution < 1.29 is 17.9 Å². The Labute approximate surface area is 153 Å². The maximum absolute atomic E-state index is 12.9. The summed E-state index contributed by atoms with van der Waals surface area (Å²) in [7, 11) is -3.77. The zero-order valence-electron chi connectivity index (χ0n) is 14.9. The van der Waals surface area contributed by atoms with Crippen LogP contribution in [-0.2, 0) is 26.0 Å². The minimum atomic E-state index is -3.77. The number of carbonyl (C=O) groups excluding carboxylic acids is 1. The van der Waals surface area contributed by atoms with Crippen LogP contribution < -0.4 is 5.14 Å². The highest BCUT2D eigenvalue weighted by molar-refractivity contribution is 7.89. The van der Waals surface area contributed by atoms with Crippen LogP contribution in [0.1, 0.15) is 37.5 Å². The average molecular weight is 371 g/mol. The molecule has 1 aliphatic rings. The molecule has 26 heavy (non-hydrogen) atoms. The Bertz CT molecular complexity index is 985. The number of hydrogen-bond donors (Lipinski definition) is 1. The first-order valence-electron chi connectivity index (χ1n) is 8.34. The molecule has 0 unspecified atom stereocenters. The van der Waals surface area contributed by atoms with Crippen LogP contribution in [0.5, 0.6) is 0 Å². The van der Waals surface area contributed by atoms with Gasteiger partial charge in [-0.2, -0.15) is 0 Å². The molecule has 0 spiro atoms. The fraction of sp³-hybridized carbons (Fsp3) is 0.250. The number of rotatable bonds is 4. The van der Waals surface area contributed by atoms with Gasteiger partial charge in [0.05, 0.1) is 10.5 Å². The van der Waals surface area contributed by atoms with Gasteiger partial charge in [-0.15, -0.1) is 0 Å². The Hall–Kier alpha value is -2.44.